The van der Waals surface area contributed by atoms with Gasteiger partial charge in [0.1, 0.15) is 0 Å². The number of amides is 1. The van der Waals surface area contributed by atoms with E-state index in [2.05, 4.69) is 11.0 Å². The van der Waals surface area contributed by atoms with Gasteiger partial charge in [0.15, 0.2) is 5.78 Å². The highest BCUT2D eigenvalue weighted by Crippen LogP contribution is 2.13. The maximum absolute atomic E-state index is 12.6. The third-order valence-electron chi connectivity index (χ3n) is 5.09. The number of hydrogen-bond donors (Lipinski definition) is 0. The molecule has 138 valence electrons. The second-order valence-electron chi connectivity index (χ2n) is 6.98. The summed E-state index contributed by atoms with van der Waals surface area (Å²) in [6.45, 7) is 6.91. The quantitative estimate of drug-likeness (QED) is 0.786. The number of benzene rings is 2. The average molecular weight is 361 g/mol. The molecule has 2 aromatic carbocycles. The smallest absolute Gasteiger partial charge is 0.253 e. The Morgan fingerprint density at radius 1 is 0.963 bits per heavy atom. The van der Waals surface area contributed by atoms with Gasteiger partial charge < -0.3 is 4.90 Å². The van der Waals surface area contributed by atoms with Crippen LogP contribution >= 0.6 is 0 Å². The molecule has 0 spiro atoms. The Kier molecular flexibility index (Phi) is 5.68. The Balaban J connectivity index is 1.57. The summed E-state index contributed by atoms with van der Waals surface area (Å²) >= 11 is 0. The number of rotatable bonds is 4. The van der Waals surface area contributed by atoms with Gasteiger partial charge >= 0.3 is 0 Å². The average Bonchev–Trinajstić information content (AvgIpc) is 2.70. The van der Waals surface area contributed by atoms with Crippen molar-refractivity contribution in [3.05, 3.63) is 70.3 Å². The second-order valence-corrected chi connectivity index (χ2v) is 6.98. The van der Waals surface area contributed by atoms with Crippen LogP contribution in [-0.4, -0.2) is 54.2 Å². The number of carbonyl (C=O) groups excluding carboxylic acids is 2. The normalized spacial score (nSPS) is 14.6. The standard InChI is InChI=1S/C22H23N3O2/c1-16-6-7-19(12-17(16)2)21(26)15-24-8-10-25(11-9-24)22(27)20-5-3-4-18(13-20)14-23/h3-7,12-13H,8-11,15H2,1-2H3. The molecular formula is C22H23N3O2. The van der Waals surface area contributed by atoms with Crippen LogP contribution in [0.1, 0.15) is 37.4 Å². The number of hydrogen-bond acceptors (Lipinski definition) is 4. The molecule has 5 nitrogen and oxygen atoms in total. The maximum atomic E-state index is 12.6. The van der Waals surface area contributed by atoms with Crippen molar-refractivity contribution in [1.29, 1.82) is 5.26 Å². The Labute approximate surface area is 159 Å². The van der Waals surface area contributed by atoms with Crippen molar-refractivity contribution in [3.63, 3.8) is 0 Å². The van der Waals surface area contributed by atoms with Crippen LogP contribution in [-0.2, 0) is 0 Å². The van der Waals surface area contributed by atoms with Crippen LogP contribution in [0.25, 0.3) is 0 Å². The van der Waals surface area contributed by atoms with E-state index in [0.717, 1.165) is 11.1 Å². The van der Waals surface area contributed by atoms with Crippen LogP contribution in [0.3, 0.4) is 0 Å². The van der Waals surface area contributed by atoms with Crippen LogP contribution in [0, 0.1) is 25.2 Å². The molecule has 0 aromatic heterocycles. The Bertz CT molecular complexity index is 906. The topological polar surface area (TPSA) is 64.4 Å². The van der Waals surface area contributed by atoms with Gasteiger partial charge in [-0.05, 0) is 49.2 Å². The molecule has 27 heavy (non-hydrogen) atoms. The highest BCUT2D eigenvalue weighted by Gasteiger charge is 2.23. The van der Waals surface area contributed by atoms with E-state index in [9.17, 15) is 9.59 Å². The molecule has 1 amide bonds. The summed E-state index contributed by atoms with van der Waals surface area (Å²) in [4.78, 5) is 29.0. The molecule has 1 fully saturated rings. The number of nitrogens with zero attached hydrogens (tertiary/aromatic N) is 3. The van der Waals surface area contributed by atoms with E-state index < -0.39 is 0 Å². The van der Waals surface area contributed by atoms with Crippen molar-refractivity contribution < 1.29 is 9.59 Å². The Hall–Kier alpha value is -2.97. The van der Waals surface area contributed by atoms with Crippen LogP contribution in [0.15, 0.2) is 42.5 Å². The maximum Gasteiger partial charge on any atom is 0.253 e. The van der Waals surface area contributed by atoms with E-state index in [4.69, 9.17) is 5.26 Å². The summed E-state index contributed by atoms with van der Waals surface area (Å²) in [6, 6.07) is 14.6. The van der Waals surface area contributed by atoms with Crippen molar-refractivity contribution in [3.8, 4) is 6.07 Å². The number of piperazine rings is 1. The minimum absolute atomic E-state index is 0.0627. The monoisotopic (exact) mass is 361 g/mol. The van der Waals surface area contributed by atoms with Gasteiger partial charge in [0.2, 0.25) is 0 Å². The third-order valence-corrected chi connectivity index (χ3v) is 5.09. The van der Waals surface area contributed by atoms with Gasteiger partial charge in [0.25, 0.3) is 5.91 Å². The molecule has 0 aliphatic carbocycles. The fraction of sp³-hybridized carbons (Fsp3) is 0.318. The van der Waals surface area contributed by atoms with E-state index in [1.54, 1.807) is 29.2 Å². The predicted octanol–water partition coefficient (Wildman–Crippen LogP) is 2.82. The van der Waals surface area contributed by atoms with Crippen molar-refractivity contribution in [2.45, 2.75) is 13.8 Å². The molecule has 0 N–H and O–H groups in total. The Morgan fingerprint density at radius 3 is 2.37 bits per heavy atom. The molecule has 0 bridgehead atoms. The van der Waals surface area contributed by atoms with Crippen LogP contribution in [0.2, 0.25) is 0 Å². The molecule has 1 heterocycles. The first-order valence-electron chi connectivity index (χ1n) is 9.10. The summed E-state index contributed by atoms with van der Waals surface area (Å²) in [5.74, 6) is 0.0480. The largest absolute Gasteiger partial charge is 0.336 e. The third kappa shape index (κ3) is 4.42. The number of Topliss-reactive ketones (excluding diaryl/α,β-unsaturated/α-hetero) is 1. The van der Waals surface area contributed by atoms with E-state index in [0.29, 0.717) is 43.9 Å². The number of nitriles is 1. The summed E-state index contributed by atoms with van der Waals surface area (Å²) in [6.07, 6.45) is 0. The van der Waals surface area contributed by atoms with Gasteiger partial charge in [-0.25, -0.2) is 0 Å². The van der Waals surface area contributed by atoms with E-state index in [1.165, 1.54) is 5.56 Å². The lowest BCUT2D eigenvalue weighted by atomic mass is 10.0. The highest BCUT2D eigenvalue weighted by molar-refractivity contribution is 5.98. The summed E-state index contributed by atoms with van der Waals surface area (Å²) in [7, 11) is 0. The van der Waals surface area contributed by atoms with Gasteiger partial charge in [0.05, 0.1) is 18.2 Å². The molecule has 3 rings (SSSR count). The molecule has 1 aliphatic rings. The lowest BCUT2D eigenvalue weighted by Crippen LogP contribution is -2.49. The van der Waals surface area contributed by atoms with Gasteiger partial charge in [0, 0.05) is 37.3 Å². The predicted molar refractivity (Wildman–Crippen MR) is 104 cm³/mol. The van der Waals surface area contributed by atoms with Gasteiger partial charge in [-0.1, -0.05) is 18.2 Å². The summed E-state index contributed by atoms with van der Waals surface area (Å²) < 4.78 is 0. The highest BCUT2D eigenvalue weighted by atomic mass is 16.2. The summed E-state index contributed by atoms with van der Waals surface area (Å²) in [5, 5.41) is 8.99. The zero-order valence-electron chi connectivity index (χ0n) is 15.7. The fourth-order valence-corrected chi connectivity index (χ4v) is 3.22. The molecule has 0 unspecified atom stereocenters. The van der Waals surface area contributed by atoms with Crippen molar-refractivity contribution in [2.24, 2.45) is 0 Å². The lowest BCUT2D eigenvalue weighted by Gasteiger charge is -2.34. The molecule has 2 aromatic rings. The minimum Gasteiger partial charge on any atom is -0.336 e. The Morgan fingerprint density at radius 2 is 1.70 bits per heavy atom. The second kappa shape index (κ2) is 8.15. The van der Waals surface area contributed by atoms with Crippen molar-refractivity contribution >= 4 is 11.7 Å². The zero-order valence-corrected chi connectivity index (χ0v) is 15.7. The minimum atomic E-state index is -0.0627. The first-order valence-corrected chi connectivity index (χ1v) is 9.10. The summed E-state index contributed by atoms with van der Waals surface area (Å²) in [5.41, 5.74) is 4.06. The van der Waals surface area contributed by atoms with Crippen molar-refractivity contribution in [2.75, 3.05) is 32.7 Å². The van der Waals surface area contributed by atoms with Crippen LogP contribution in [0.5, 0.6) is 0 Å². The first-order chi connectivity index (χ1) is 13.0. The zero-order chi connectivity index (χ0) is 19.4. The van der Waals surface area contributed by atoms with Gasteiger partial charge in [-0.15, -0.1) is 0 Å². The number of aryl methyl sites for hydroxylation is 2. The molecule has 5 heteroatoms. The van der Waals surface area contributed by atoms with E-state index in [1.807, 2.05) is 32.0 Å². The number of ketones is 1. The van der Waals surface area contributed by atoms with E-state index in [-0.39, 0.29) is 11.7 Å². The molecule has 0 saturated carbocycles. The van der Waals surface area contributed by atoms with E-state index >= 15 is 0 Å². The van der Waals surface area contributed by atoms with Crippen molar-refractivity contribution in [1.82, 2.24) is 9.80 Å². The molecule has 1 saturated heterocycles. The van der Waals surface area contributed by atoms with Gasteiger partial charge in [-0.3, -0.25) is 14.5 Å². The molecule has 0 radical (unpaired) electrons. The van der Waals surface area contributed by atoms with Crippen LogP contribution < -0.4 is 0 Å². The number of carbonyl (C=O) groups is 2. The van der Waals surface area contributed by atoms with Gasteiger partial charge in [-0.2, -0.15) is 5.26 Å². The lowest BCUT2D eigenvalue weighted by molar-refractivity contribution is 0.0624. The first kappa shape index (κ1) is 18.8. The molecule has 1 aliphatic heterocycles. The fourth-order valence-electron chi connectivity index (χ4n) is 3.22. The molecule has 0 atom stereocenters. The molecular weight excluding hydrogens is 338 g/mol. The SMILES string of the molecule is Cc1ccc(C(=O)CN2CCN(C(=O)c3cccc(C#N)c3)CC2)cc1C. The van der Waals surface area contributed by atoms with Crippen LogP contribution in [0.4, 0.5) is 0 Å².